The molecule has 0 unspecified atom stereocenters. The van der Waals surface area contributed by atoms with Crippen LogP contribution < -0.4 is 20.7 Å². The van der Waals surface area contributed by atoms with Gasteiger partial charge in [0.1, 0.15) is 0 Å². The lowest BCUT2D eigenvalue weighted by Crippen LogP contribution is -2.43. The maximum atomic E-state index is 12.4. The number of benzene rings is 2. The SMILES string of the molecule is O=C(CCC(=O)Nc1ccc(S(=O)(=O)NC(=O)C(=O)NCCc2ccccc2)cc1)NCCCO. The van der Waals surface area contributed by atoms with E-state index in [0.717, 1.165) is 5.56 Å². The van der Waals surface area contributed by atoms with Crippen LogP contribution in [0.5, 0.6) is 0 Å². The highest BCUT2D eigenvalue weighted by Gasteiger charge is 2.22. The van der Waals surface area contributed by atoms with E-state index in [1.165, 1.54) is 24.3 Å². The van der Waals surface area contributed by atoms with Crippen molar-refractivity contribution in [3.63, 3.8) is 0 Å². The lowest BCUT2D eigenvalue weighted by molar-refractivity contribution is -0.138. The quantitative estimate of drug-likeness (QED) is 0.201. The molecular weight excluding hydrogens is 476 g/mol. The van der Waals surface area contributed by atoms with Crippen LogP contribution in [0.4, 0.5) is 5.69 Å². The molecule has 5 N–H and O–H groups in total. The molecule has 0 fully saturated rings. The van der Waals surface area contributed by atoms with Crippen LogP contribution in [0.15, 0.2) is 59.5 Å². The van der Waals surface area contributed by atoms with E-state index in [-0.39, 0.29) is 36.8 Å². The summed E-state index contributed by atoms with van der Waals surface area (Å²) in [6, 6.07) is 14.2. The molecule has 0 atom stereocenters. The van der Waals surface area contributed by atoms with Gasteiger partial charge in [-0.1, -0.05) is 30.3 Å². The fourth-order valence-corrected chi connectivity index (χ4v) is 3.78. The second-order valence-electron chi connectivity index (χ2n) is 7.43. The first-order valence-electron chi connectivity index (χ1n) is 10.9. The second kappa shape index (κ2) is 13.8. The van der Waals surface area contributed by atoms with Crippen molar-refractivity contribution in [1.82, 2.24) is 15.4 Å². The Bertz CT molecular complexity index is 1120. The van der Waals surface area contributed by atoms with Gasteiger partial charge < -0.3 is 21.1 Å². The van der Waals surface area contributed by atoms with Crippen molar-refractivity contribution in [3.8, 4) is 0 Å². The van der Waals surface area contributed by atoms with Crippen LogP contribution in [0, 0.1) is 0 Å². The van der Waals surface area contributed by atoms with Crippen LogP contribution in [0.1, 0.15) is 24.8 Å². The number of rotatable bonds is 12. The standard InChI is InChI=1S/C23H28N4O7S/c28-16-4-14-24-20(29)11-12-21(30)26-18-7-9-19(10-8-18)35(33,34)27-23(32)22(31)25-15-13-17-5-2-1-3-6-17/h1-3,5-10,28H,4,11-16H2,(H,24,29)(H,25,31)(H,26,30)(H,27,32). The number of amides is 4. The van der Waals surface area contributed by atoms with Gasteiger partial charge >= 0.3 is 11.8 Å². The van der Waals surface area contributed by atoms with E-state index in [1.54, 1.807) is 4.72 Å². The lowest BCUT2D eigenvalue weighted by Gasteiger charge is -2.09. The minimum Gasteiger partial charge on any atom is -0.396 e. The summed E-state index contributed by atoms with van der Waals surface area (Å²) >= 11 is 0. The molecule has 0 aliphatic carbocycles. The molecule has 2 aromatic carbocycles. The largest absolute Gasteiger partial charge is 0.396 e. The fraction of sp³-hybridized carbons (Fsp3) is 0.304. The van der Waals surface area contributed by atoms with Gasteiger partial charge in [-0.25, -0.2) is 13.1 Å². The smallest absolute Gasteiger partial charge is 0.322 e. The molecule has 0 saturated heterocycles. The number of hydrogen-bond acceptors (Lipinski definition) is 7. The highest BCUT2D eigenvalue weighted by atomic mass is 32.2. The van der Waals surface area contributed by atoms with Gasteiger partial charge in [-0.05, 0) is 42.7 Å². The summed E-state index contributed by atoms with van der Waals surface area (Å²) in [6.07, 6.45) is 0.782. The zero-order chi connectivity index (χ0) is 25.7. The van der Waals surface area contributed by atoms with Gasteiger partial charge in [0.25, 0.3) is 10.0 Å². The Morgan fingerprint density at radius 1 is 0.771 bits per heavy atom. The summed E-state index contributed by atoms with van der Waals surface area (Å²) in [5.74, 6) is -3.16. The van der Waals surface area contributed by atoms with Crippen molar-refractivity contribution < 1.29 is 32.7 Å². The second-order valence-corrected chi connectivity index (χ2v) is 9.11. The van der Waals surface area contributed by atoms with Crippen LogP contribution in [-0.2, 0) is 35.6 Å². The number of aliphatic hydroxyl groups is 1. The Balaban J connectivity index is 1.80. The molecule has 2 aromatic rings. The predicted octanol–water partition coefficient (Wildman–Crippen LogP) is 0.0677. The number of anilines is 1. The molecule has 188 valence electrons. The van der Waals surface area contributed by atoms with E-state index in [4.69, 9.17) is 5.11 Å². The maximum absolute atomic E-state index is 12.4. The van der Waals surface area contributed by atoms with Gasteiger partial charge in [0.15, 0.2) is 0 Å². The molecule has 0 aromatic heterocycles. The first-order chi connectivity index (χ1) is 16.7. The van der Waals surface area contributed by atoms with Crippen LogP contribution in [-0.4, -0.2) is 56.8 Å². The zero-order valence-corrected chi connectivity index (χ0v) is 19.8. The maximum Gasteiger partial charge on any atom is 0.322 e. The molecule has 2 rings (SSSR count). The number of hydrogen-bond donors (Lipinski definition) is 5. The zero-order valence-electron chi connectivity index (χ0n) is 19.0. The van der Waals surface area contributed by atoms with Crippen LogP contribution in [0.2, 0.25) is 0 Å². The summed E-state index contributed by atoms with van der Waals surface area (Å²) in [4.78, 5) is 47.2. The number of carbonyl (C=O) groups excluding carboxylic acids is 4. The Kier molecular flexibility index (Phi) is 10.8. The predicted molar refractivity (Wildman–Crippen MR) is 128 cm³/mol. The Morgan fingerprint density at radius 2 is 1.43 bits per heavy atom. The minimum absolute atomic E-state index is 0.0385. The molecule has 12 heteroatoms. The van der Waals surface area contributed by atoms with Crippen LogP contribution in [0.25, 0.3) is 0 Å². The lowest BCUT2D eigenvalue weighted by atomic mass is 10.1. The summed E-state index contributed by atoms with van der Waals surface area (Å²) in [5.41, 5.74) is 1.24. The number of nitrogens with one attached hydrogen (secondary N) is 4. The van der Waals surface area contributed by atoms with Gasteiger partial charge in [0.05, 0.1) is 4.90 Å². The van der Waals surface area contributed by atoms with Crippen molar-refractivity contribution in [2.45, 2.75) is 30.6 Å². The van der Waals surface area contributed by atoms with Crippen molar-refractivity contribution in [1.29, 1.82) is 0 Å². The molecule has 0 aliphatic rings. The van der Waals surface area contributed by atoms with Crippen molar-refractivity contribution in [3.05, 3.63) is 60.2 Å². The average molecular weight is 505 g/mol. The number of carbonyl (C=O) groups is 4. The monoisotopic (exact) mass is 504 g/mol. The van der Waals surface area contributed by atoms with E-state index in [9.17, 15) is 27.6 Å². The Labute approximate surface area is 203 Å². The van der Waals surface area contributed by atoms with Crippen molar-refractivity contribution >= 4 is 39.3 Å². The Hall–Kier alpha value is -3.77. The van der Waals surface area contributed by atoms with E-state index >= 15 is 0 Å². The molecule has 0 radical (unpaired) electrons. The summed E-state index contributed by atoms with van der Waals surface area (Å²) in [5, 5.41) is 16.1. The highest BCUT2D eigenvalue weighted by molar-refractivity contribution is 7.90. The van der Waals surface area contributed by atoms with Crippen LogP contribution in [0.3, 0.4) is 0 Å². The third-order valence-electron chi connectivity index (χ3n) is 4.66. The van der Waals surface area contributed by atoms with Crippen molar-refractivity contribution in [2.24, 2.45) is 0 Å². The summed E-state index contributed by atoms with van der Waals surface area (Å²) < 4.78 is 26.5. The third-order valence-corrected chi connectivity index (χ3v) is 6.01. The third kappa shape index (κ3) is 9.94. The summed E-state index contributed by atoms with van der Waals surface area (Å²) in [6.45, 7) is 0.436. The first kappa shape index (κ1) is 27.5. The van der Waals surface area contributed by atoms with E-state index in [2.05, 4.69) is 16.0 Å². The van der Waals surface area contributed by atoms with Crippen LogP contribution >= 0.6 is 0 Å². The van der Waals surface area contributed by atoms with Gasteiger partial charge in [-0.2, -0.15) is 0 Å². The van der Waals surface area contributed by atoms with Gasteiger partial charge in [0.2, 0.25) is 11.8 Å². The minimum atomic E-state index is -4.30. The fourth-order valence-electron chi connectivity index (χ4n) is 2.84. The molecule has 0 saturated carbocycles. The number of aliphatic hydroxyl groups excluding tert-OH is 1. The molecule has 11 nitrogen and oxygen atoms in total. The first-order valence-corrected chi connectivity index (χ1v) is 12.4. The van der Waals surface area contributed by atoms with E-state index < -0.39 is 27.7 Å². The molecule has 4 amide bonds. The van der Waals surface area contributed by atoms with E-state index in [0.29, 0.717) is 25.1 Å². The highest BCUT2D eigenvalue weighted by Crippen LogP contribution is 2.14. The van der Waals surface area contributed by atoms with Gasteiger partial charge in [-0.3, -0.25) is 19.2 Å². The molecule has 0 aliphatic heterocycles. The molecule has 0 heterocycles. The molecular formula is C23H28N4O7S. The van der Waals surface area contributed by atoms with Gasteiger partial charge in [-0.15, -0.1) is 0 Å². The topological polar surface area (TPSA) is 171 Å². The molecule has 35 heavy (non-hydrogen) atoms. The average Bonchev–Trinajstić information content (AvgIpc) is 2.83. The van der Waals surface area contributed by atoms with Gasteiger partial charge in [0, 0.05) is 38.2 Å². The molecule has 0 bridgehead atoms. The molecule has 0 spiro atoms. The van der Waals surface area contributed by atoms with Crippen molar-refractivity contribution in [2.75, 3.05) is 25.0 Å². The van der Waals surface area contributed by atoms with E-state index in [1.807, 2.05) is 30.3 Å². The normalized spacial score (nSPS) is 10.8. The Morgan fingerprint density at radius 3 is 2.09 bits per heavy atom. The summed E-state index contributed by atoms with van der Waals surface area (Å²) in [7, 11) is -4.30. The number of sulfonamides is 1.